The van der Waals surface area contributed by atoms with Crippen LogP contribution in [0.25, 0.3) is 0 Å². The third-order valence-electron chi connectivity index (χ3n) is 4.98. The van der Waals surface area contributed by atoms with E-state index in [0.717, 1.165) is 42.6 Å². The first-order valence-corrected chi connectivity index (χ1v) is 8.02. The quantitative estimate of drug-likeness (QED) is 0.713. The topological polar surface area (TPSA) is 26.3 Å². The lowest BCUT2D eigenvalue weighted by Gasteiger charge is -2.20. The Bertz CT molecular complexity index is 463. The summed E-state index contributed by atoms with van der Waals surface area (Å²) in [6, 6.07) is 7.68. The fourth-order valence-corrected chi connectivity index (χ4v) is 3.94. The number of hydrogen-bond donors (Lipinski definition) is 0. The number of Topliss-reactive ketones (excluding diaryl/α,β-unsaturated/α-hetero) is 1. The lowest BCUT2D eigenvalue weighted by Crippen LogP contribution is -2.15. The van der Waals surface area contributed by atoms with Crippen molar-refractivity contribution >= 4 is 5.78 Å². The minimum atomic E-state index is 0.310. The van der Waals surface area contributed by atoms with Crippen LogP contribution in [0.3, 0.4) is 0 Å². The molecule has 0 spiro atoms. The summed E-state index contributed by atoms with van der Waals surface area (Å²) in [6.07, 6.45) is 7.17. The molecule has 2 heteroatoms. The molecular formula is C18H24O2. The molecule has 0 radical (unpaired) electrons. The minimum absolute atomic E-state index is 0.310. The van der Waals surface area contributed by atoms with Crippen molar-refractivity contribution in [2.45, 2.75) is 45.4 Å². The summed E-state index contributed by atoms with van der Waals surface area (Å²) in [5.41, 5.74) is 0.844. The summed E-state index contributed by atoms with van der Waals surface area (Å²) in [5, 5.41) is 0. The highest BCUT2D eigenvalue weighted by Gasteiger charge is 2.40. The first-order chi connectivity index (χ1) is 9.76. The van der Waals surface area contributed by atoms with Crippen LogP contribution in [-0.4, -0.2) is 12.4 Å². The summed E-state index contributed by atoms with van der Waals surface area (Å²) in [7, 11) is 0. The van der Waals surface area contributed by atoms with Crippen LogP contribution >= 0.6 is 0 Å². The van der Waals surface area contributed by atoms with Gasteiger partial charge in [-0.05, 0) is 67.7 Å². The molecule has 2 saturated carbocycles. The fourth-order valence-electron chi connectivity index (χ4n) is 3.94. The molecule has 1 aromatic carbocycles. The molecular weight excluding hydrogens is 248 g/mol. The maximum absolute atomic E-state index is 12.4. The third kappa shape index (κ3) is 2.89. The summed E-state index contributed by atoms with van der Waals surface area (Å²) >= 11 is 0. The molecule has 1 aromatic rings. The SMILES string of the molecule is CCCOc1ccc(C(=O)CC2CC3CCC2C3)cc1. The number of carbonyl (C=O) groups is 1. The fraction of sp³-hybridized carbons (Fsp3) is 0.611. The van der Waals surface area contributed by atoms with E-state index in [4.69, 9.17) is 4.74 Å². The molecule has 0 saturated heterocycles. The zero-order valence-electron chi connectivity index (χ0n) is 12.3. The van der Waals surface area contributed by atoms with E-state index in [1.54, 1.807) is 0 Å². The minimum Gasteiger partial charge on any atom is -0.494 e. The van der Waals surface area contributed by atoms with Crippen molar-refractivity contribution in [1.29, 1.82) is 0 Å². The van der Waals surface area contributed by atoms with Gasteiger partial charge >= 0.3 is 0 Å². The molecule has 0 amide bonds. The van der Waals surface area contributed by atoms with E-state index >= 15 is 0 Å². The van der Waals surface area contributed by atoms with Gasteiger partial charge in [0.2, 0.25) is 0 Å². The van der Waals surface area contributed by atoms with Crippen LogP contribution in [0.15, 0.2) is 24.3 Å². The lowest BCUT2D eigenvalue weighted by atomic mass is 9.84. The van der Waals surface area contributed by atoms with E-state index in [1.165, 1.54) is 25.7 Å². The summed E-state index contributed by atoms with van der Waals surface area (Å²) < 4.78 is 5.55. The molecule has 2 fully saturated rings. The molecule has 0 aliphatic heterocycles. The van der Waals surface area contributed by atoms with Crippen LogP contribution in [0.1, 0.15) is 55.8 Å². The van der Waals surface area contributed by atoms with E-state index in [0.29, 0.717) is 11.7 Å². The number of rotatable bonds is 6. The molecule has 0 heterocycles. The maximum Gasteiger partial charge on any atom is 0.163 e. The van der Waals surface area contributed by atoms with Crippen molar-refractivity contribution in [1.82, 2.24) is 0 Å². The maximum atomic E-state index is 12.4. The van der Waals surface area contributed by atoms with E-state index in [2.05, 4.69) is 6.92 Å². The zero-order valence-corrected chi connectivity index (χ0v) is 12.3. The van der Waals surface area contributed by atoms with E-state index in [9.17, 15) is 4.79 Å². The van der Waals surface area contributed by atoms with Crippen molar-refractivity contribution in [2.24, 2.45) is 17.8 Å². The standard InChI is InChI=1S/C18H24O2/c1-2-9-20-17-7-5-14(6-8-17)18(19)12-16-11-13-3-4-15(16)10-13/h5-8,13,15-16H,2-4,9-12H2,1H3. The highest BCUT2D eigenvalue weighted by Crippen LogP contribution is 2.49. The summed E-state index contributed by atoms with van der Waals surface area (Å²) in [4.78, 5) is 12.4. The largest absolute Gasteiger partial charge is 0.494 e. The number of carbonyl (C=O) groups excluding carboxylic acids is 1. The Balaban J connectivity index is 1.57. The Kier molecular flexibility index (Phi) is 4.09. The van der Waals surface area contributed by atoms with Crippen LogP contribution in [0, 0.1) is 17.8 Å². The smallest absolute Gasteiger partial charge is 0.163 e. The van der Waals surface area contributed by atoms with Crippen molar-refractivity contribution < 1.29 is 9.53 Å². The Labute approximate surface area is 121 Å². The zero-order chi connectivity index (χ0) is 13.9. The second-order valence-electron chi connectivity index (χ2n) is 6.44. The first-order valence-electron chi connectivity index (χ1n) is 8.02. The van der Waals surface area contributed by atoms with Crippen molar-refractivity contribution in [3.05, 3.63) is 29.8 Å². The Morgan fingerprint density at radius 2 is 2.00 bits per heavy atom. The van der Waals surface area contributed by atoms with Gasteiger partial charge in [-0.2, -0.15) is 0 Å². The van der Waals surface area contributed by atoms with Gasteiger partial charge in [0, 0.05) is 12.0 Å². The predicted octanol–water partition coefficient (Wildman–Crippen LogP) is 4.48. The number of ether oxygens (including phenoxy) is 1. The normalized spacial score (nSPS) is 27.8. The van der Waals surface area contributed by atoms with E-state index in [1.807, 2.05) is 24.3 Å². The molecule has 0 aromatic heterocycles. The van der Waals surface area contributed by atoms with Crippen molar-refractivity contribution in [3.63, 3.8) is 0 Å². The molecule has 3 unspecified atom stereocenters. The molecule has 2 aliphatic carbocycles. The van der Waals surface area contributed by atoms with E-state index in [-0.39, 0.29) is 0 Å². The summed E-state index contributed by atoms with van der Waals surface area (Å²) in [5.74, 6) is 3.57. The van der Waals surface area contributed by atoms with Crippen molar-refractivity contribution in [2.75, 3.05) is 6.61 Å². The molecule has 3 rings (SSSR count). The van der Waals surface area contributed by atoms with Gasteiger partial charge in [0.05, 0.1) is 6.61 Å². The molecule has 2 bridgehead atoms. The average molecular weight is 272 g/mol. The number of fused-ring (bicyclic) bond motifs is 2. The average Bonchev–Trinajstić information content (AvgIpc) is 3.08. The Morgan fingerprint density at radius 3 is 2.60 bits per heavy atom. The van der Waals surface area contributed by atoms with Gasteiger partial charge < -0.3 is 4.74 Å². The Hall–Kier alpha value is -1.31. The number of ketones is 1. The van der Waals surface area contributed by atoms with Gasteiger partial charge in [0.1, 0.15) is 5.75 Å². The summed E-state index contributed by atoms with van der Waals surface area (Å²) in [6.45, 7) is 2.83. The first kappa shape index (κ1) is 13.7. The van der Waals surface area contributed by atoms with Gasteiger partial charge in [-0.25, -0.2) is 0 Å². The molecule has 3 atom stereocenters. The second-order valence-corrected chi connectivity index (χ2v) is 6.44. The highest BCUT2D eigenvalue weighted by atomic mass is 16.5. The van der Waals surface area contributed by atoms with Gasteiger partial charge in [-0.15, -0.1) is 0 Å². The number of benzene rings is 1. The third-order valence-corrected chi connectivity index (χ3v) is 4.98. The van der Waals surface area contributed by atoms with Gasteiger partial charge in [0.15, 0.2) is 5.78 Å². The van der Waals surface area contributed by atoms with Crippen LogP contribution < -0.4 is 4.74 Å². The highest BCUT2D eigenvalue weighted by molar-refractivity contribution is 5.96. The Morgan fingerprint density at radius 1 is 1.20 bits per heavy atom. The second kappa shape index (κ2) is 5.99. The van der Waals surface area contributed by atoms with Crippen LogP contribution in [0.4, 0.5) is 0 Å². The molecule has 20 heavy (non-hydrogen) atoms. The number of hydrogen-bond acceptors (Lipinski definition) is 2. The van der Waals surface area contributed by atoms with E-state index < -0.39 is 0 Å². The van der Waals surface area contributed by atoms with Crippen molar-refractivity contribution in [3.8, 4) is 5.75 Å². The molecule has 0 N–H and O–H groups in total. The lowest BCUT2D eigenvalue weighted by molar-refractivity contribution is 0.0944. The van der Waals surface area contributed by atoms with Gasteiger partial charge in [0.25, 0.3) is 0 Å². The van der Waals surface area contributed by atoms with Crippen LogP contribution in [0.2, 0.25) is 0 Å². The predicted molar refractivity (Wildman–Crippen MR) is 80.1 cm³/mol. The van der Waals surface area contributed by atoms with Gasteiger partial charge in [-0.3, -0.25) is 4.79 Å². The molecule has 2 aliphatic rings. The monoisotopic (exact) mass is 272 g/mol. The van der Waals surface area contributed by atoms with Crippen LogP contribution in [-0.2, 0) is 0 Å². The van der Waals surface area contributed by atoms with Crippen LogP contribution in [0.5, 0.6) is 5.75 Å². The molecule has 108 valence electrons. The molecule has 2 nitrogen and oxygen atoms in total. The van der Waals surface area contributed by atoms with Gasteiger partial charge in [-0.1, -0.05) is 13.3 Å².